The number of thiophene rings is 1. The molecule has 2 N–H and O–H groups in total. The number of hydrogen-bond acceptors (Lipinski definition) is 8. The highest BCUT2D eigenvalue weighted by atomic mass is 35.5. The molecule has 1 aliphatic rings. The summed E-state index contributed by atoms with van der Waals surface area (Å²) in [7, 11) is 0. The van der Waals surface area contributed by atoms with Crippen LogP contribution in [-0.2, 0) is 32.5 Å². The summed E-state index contributed by atoms with van der Waals surface area (Å²) in [5.41, 5.74) is 4.76. The van der Waals surface area contributed by atoms with Gasteiger partial charge in [0.1, 0.15) is 35.1 Å². The van der Waals surface area contributed by atoms with Crippen molar-refractivity contribution in [3.8, 4) is 16.2 Å². The zero-order valence-corrected chi connectivity index (χ0v) is 23.8. The molecule has 42 heavy (non-hydrogen) atoms. The maximum atomic E-state index is 13.5. The molecule has 0 radical (unpaired) electrons. The summed E-state index contributed by atoms with van der Waals surface area (Å²) in [6, 6.07) is 11.7. The van der Waals surface area contributed by atoms with Gasteiger partial charge in [-0.1, -0.05) is 23.7 Å². The Morgan fingerprint density at radius 3 is 2.90 bits per heavy atom. The third kappa shape index (κ3) is 5.34. The molecule has 0 saturated heterocycles. The smallest absolute Gasteiger partial charge is 0.142 e. The summed E-state index contributed by atoms with van der Waals surface area (Å²) < 4.78 is 23.0. The summed E-state index contributed by atoms with van der Waals surface area (Å²) in [5, 5.41) is 20.2. The maximum Gasteiger partial charge on any atom is 0.142 e. The van der Waals surface area contributed by atoms with Crippen molar-refractivity contribution in [1.29, 1.82) is 0 Å². The van der Waals surface area contributed by atoms with E-state index in [-0.39, 0.29) is 12.4 Å². The monoisotopic (exact) mass is 601 g/mol. The molecule has 4 heterocycles. The first-order valence-electron chi connectivity index (χ1n) is 13.4. The van der Waals surface area contributed by atoms with Crippen molar-refractivity contribution in [3.05, 3.63) is 101 Å². The van der Waals surface area contributed by atoms with Crippen LogP contribution in [0.1, 0.15) is 16.8 Å². The molecule has 4 aromatic heterocycles. The minimum Gasteiger partial charge on any atom is -0.487 e. The van der Waals surface area contributed by atoms with Gasteiger partial charge in [0, 0.05) is 34.7 Å². The van der Waals surface area contributed by atoms with Gasteiger partial charge in [-0.05, 0) is 54.3 Å². The summed E-state index contributed by atoms with van der Waals surface area (Å²) in [5.74, 6) is 0.902. The van der Waals surface area contributed by atoms with Gasteiger partial charge in [-0.3, -0.25) is 4.68 Å². The third-order valence-electron chi connectivity index (χ3n) is 7.14. The second-order valence-corrected chi connectivity index (χ2v) is 11.5. The van der Waals surface area contributed by atoms with Crippen LogP contribution in [0.2, 0.25) is 5.02 Å². The predicted molar refractivity (Wildman–Crippen MR) is 160 cm³/mol. The van der Waals surface area contributed by atoms with E-state index in [1.807, 2.05) is 27.7 Å². The number of nitrogens with one attached hydrogen (secondary N) is 1. The maximum absolute atomic E-state index is 13.5. The number of benzene rings is 2. The van der Waals surface area contributed by atoms with E-state index in [2.05, 4.69) is 20.3 Å². The molecule has 2 aromatic carbocycles. The van der Waals surface area contributed by atoms with Gasteiger partial charge >= 0.3 is 0 Å². The van der Waals surface area contributed by atoms with E-state index in [1.54, 1.807) is 54.5 Å². The second kappa shape index (κ2) is 11.2. The Labute approximate surface area is 249 Å². The van der Waals surface area contributed by atoms with Crippen LogP contribution in [0.25, 0.3) is 20.7 Å². The third-order valence-corrected chi connectivity index (χ3v) is 8.61. The van der Waals surface area contributed by atoms with Crippen molar-refractivity contribution in [2.24, 2.45) is 0 Å². The summed E-state index contributed by atoms with van der Waals surface area (Å²) >= 11 is 8.16. The van der Waals surface area contributed by atoms with Crippen molar-refractivity contribution < 1.29 is 14.2 Å². The van der Waals surface area contributed by atoms with E-state index in [0.29, 0.717) is 29.7 Å². The fourth-order valence-corrected chi connectivity index (χ4v) is 6.70. The topological polar surface area (TPSA) is 103 Å². The molecule has 1 atom stereocenters. The van der Waals surface area contributed by atoms with Crippen molar-refractivity contribution >= 4 is 44.7 Å². The minimum atomic E-state index is -0.589. The number of anilines is 2. The number of aryl methyl sites for hydroxylation is 2. The highest BCUT2D eigenvalue weighted by Gasteiger charge is 2.27. The molecule has 0 spiro atoms. The molecule has 0 amide bonds. The number of fused-ring (bicyclic) bond motifs is 5. The van der Waals surface area contributed by atoms with Gasteiger partial charge in [0.2, 0.25) is 0 Å². The first kappa shape index (κ1) is 26.6. The lowest BCUT2D eigenvalue weighted by Gasteiger charge is -2.13. The number of aliphatic hydroxyl groups excluding tert-OH is 1. The van der Waals surface area contributed by atoms with E-state index in [0.717, 1.165) is 50.4 Å². The van der Waals surface area contributed by atoms with Crippen molar-refractivity contribution in [1.82, 2.24) is 29.3 Å². The Balaban J connectivity index is 1.11. The number of nitrogens with zero attached hydrogens (tertiary/aromatic N) is 6. The quantitative estimate of drug-likeness (QED) is 0.209. The lowest BCUT2D eigenvalue weighted by atomic mass is 9.95. The average Bonchev–Trinajstić information content (AvgIpc) is 3.71. The van der Waals surface area contributed by atoms with Crippen LogP contribution in [0.4, 0.5) is 15.9 Å². The van der Waals surface area contributed by atoms with E-state index in [1.165, 1.54) is 17.7 Å². The fourth-order valence-electron chi connectivity index (χ4n) is 5.25. The van der Waals surface area contributed by atoms with Crippen LogP contribution in [0, 0.1) is 5.82 Å². The number of imidazole rings is 1. The highest BCUT2D eigenvalue weighted by Crippen LogP contribution is 2.45. The standard InChI is InChI=1S/C30H25ClFN7O2S/c31-24-11-20(4-7-26(24)41-15-18-2-1-3-19(32)10-18)36-29-27-22-5-6-25-23(28(22)42-30(27)35-16-34-29)14-39(37-25)13-21(40)12-38-9-8-33-17-38/h1-4,7-11,14,16-17,21,40H,5-6,12-13,15H2,(H,34,35,36)/t21-/m1/s1. The number of aliphatic hydroxyl groups is 1. The van der Waals surface area contributed by atoms with Crippen LogP contribution in [0.5, 0.6) is 5.75 Å². The summed E-state index contributed by atoms with van der Waals surface area (Å²) in [4.78, 5) is 15.2. The number of halogens is 2. The lowest BCUT2D eigenvalue weighted by molar-refractivity contribution is 0.130. The SMILES string of the molecule is O[C@H](Cn1ccnc1)Cn1cc2c(n1)CCc1c-2sc2ncnc(Nc3ccc(OCc4cccc(F)c4)c(Cl)c3)c12. The van der Waals surface area contributed by atoms with Gasteiger partial charge in [-0.2, -0.15) is 5.10 Å². The zero-order chi connectivity index (χ0) is 28.6. The molecule has 9 nitrogen and oxygen atoms in total. The Morgan fingerprint density at radius 2 is 2.07 bits per heavy atom. The van der Waals surface area contributed by atoms with Crippen molar-refractivity contribution in [2.45, 2.75) is 38.6 Å². The normalized spacial score (nSPS) is 13.1. The Bertz CT molecular complexity index is 1890. The Morgan fingerprint density at radius 1 is 1.14 bits per heavy atom. The molecule has 0 bridgehead atoms. The van der Waals surface area contributed by atoms with Gasteiger partial charge in [0.25, 0.3) is 0 Å². The Kier molecular flexibility index (Phi) is 7.06. The van der Waals surface area contributed by atoms with Crippen LogP contribution >= 0.6 is 22.9 Å². The van der Waals surface area contributed by atoms with E-state index >= 15 is 0 Å². The number of hydrogen-bond donors (Lipinski definition) is 2. The molecular formula is C30H25ClFN7O2S. The predicted octanol–water partition coefficient (Wildman–Crippen LogP) is 6.03. The van der Waals surface area contributed by atoms with Gasteiger partial charge in [-0.25, -0.2) is 19.3 Å². The van der Waals surface area contributed by atoms with Gasteiger partial charge in [-0.15, -0.1) is 11.3 Å². The van der Waals surface area contributed by atoms with E-state index in [9.17, 15) is 9.50 Å². The molecule has 1 aliphatic carbocycles. The average molecular weight is 602 g/mol. The number of aromatic nitrogens is 6. The van der Waals surface area contributed by atoms with Crippen LogP contribution < -0.4 is 10.1 Å². The molecule has 12 heteroatoms. The molecule has 6 aromatic rings. The lowest BCUT2D eigenvalue weighted by Crippen LogP contribution is -2.21. The summed E-state index contributed by atoms with van der Waals surface area (Å²) in [6.45, 7) is 1.05. The van der Waals surface area contributed by atoms with Crippen molar-refractivity contribution in [3.63, 3.8) is 0 Å². The van der Waals surface area contributed by atoms with E-state index in [4.69, 9.17) is 21.4 Å². The fraction of sp³-hybridized carbons (Fsp3) is 0.200. The molecule has 0 unspecified atom stereocenters. The van der Waals surface area contributed by atoms with E-state index < -0.39 is 6.10 Å². The van der Waals surface area contributed by atoms with Gasteiger partial charge < -0.3 is 19.7 Å². The molecule has 212 valence electrons. The van der Waals surface area contributed by atoms with Gasteiger partial charge in [0.05, 0.1) is 41.6 Å². The van der Waals surface area contributed by atoms with Gasteiger partial charge in [0.15, 0.2) is 0 Å². The Hall–Kier alpha value is -4.32. The molecule has 7 rings (SSSR count). The van der Waals surface area contributed by atoms with Crippen LogP contribution in [-0.4, -0.2) is 40.5 Å². The largest absolute Gasteiger partial charge is 0.487 e. The molecule has 0 fully saturated rings. The minimum absolute atomic E-state index is 0.208. The van der Waals surface area contributed by atoms with Crippen LogP contribution in [0.3, 0.4) is 0 Å². The highest BCUT2D eigenvalue weighted by molar-refractivity contribution is 7.22. The molecule has 0 aliphatic heterocycles. The molecule has 0 saturated carbocycles. The zero-order valence-electron chi connectivity index (χ0n) is 22.2. The van der Waals surface area contributed by atoms with Crippen molar-refractivity contribution in [2.75, 3.05) is 5.32 Å². The molecular weight excluding hydrogens is 577 g/mol. The first-order chi connectivity index (χ1) is 20.5. The summed E-state index contributed by atoms with van der Waals surface area (Å²) in [6.07, 6.45) is 9.81. The number of rotatable bonds is 9. The second-order valence-electron chi connectivity index (χ2n) is 10.1. The number of ether oxygens (including phenoxy) is 1. The first-order valence-corrected chi connectivity index (χ1v) is 14.6. The van der Waals surface area contributed by atoms with Crippen LogP contribution in [0.15, 0.2) is 73.7 Å².